The van der Waals surface area contributed by atoms with Gasteiger partial charge in [0.15, 0.2) is 0 Å². The van der Waals surface area contributed by atoms with Crippen LogP contribution in [0.1, 0.15) is 18.2 Å². The van der Waals surface area contributed by atoms with Gasteiger partial charge < -0.3 is 9.25 Å². The molecule has 1 aromatic heterocycles. The Bertz CT molecular complexity index is 787. The van der Waals surface area contributed by atoms with Gasteiger partial charge in [0.2, 0.25) is 0 Å². The maximum atomic E-state index is 11.5. The summed E-state index contributed by atoms with van der Waals surface area (Å²) in [5.41, 5.74) is 2.81. The average molecular weight is 302 g/mol. The van der Waals surface area contributed by atoms with Crippen molar-refractivity contribution in [3.05, 3.63) is 52.3 Å². The van der Waals surface area contributed by atoms with E-state index < -0.39 is 5.97 Å². The first-order valence-electron chi connectivity index (χ1n) is 6.39. The van der Waals surface area contributed by atoms with E-state index in [-0.39, 0.29) is 0 Å². The van der Waals surface area contributed by atoms with E-state index in [9.17, 15) is 4.79 Å². The van der Waals surface area contributed by atoms with Gasteiger partial charge in [-0.1, -0.05) is 28.9 Å². The maximum absolute atomic E-state index is 11.5. The van der Waals surface area contributed by atoms with E-state index in [1.165, 1.54) is 0 Å². The fourth-order valence-electron chi connectivity index (χ4n) is 2.11. The average Bonchev–Trinajstić information content (AvgIpc) is 3.04. The van der Waals surface area contributed by atoms with Crippen molar-refractivity contribution in [2.24, 2.45) is 5.16 Å². The second kappa shape index (κ2) is 5.22. The Morgan fingerprint density at radius 1 is 1.19 bits per heavy atom. The Hall–Kier alpha value is -2.33. The molecule has 0 aliphatic carbocycles. The van der Waals surface area contributed by atoms with Crippen LogP contribution in [-0.2, 0) is 9.63 Å². The third-order valence-electron chi connectivity index (χ3n) is 3.32. The van der Waals surface area contributed by atoms with Crippen molar-refractivity contribution in [3.63, 3.8) is 0 Å². The van der Waals surface area contributed by atoms with Gasteiger partial charge in [-0.15, -0.1) is 0 Å². The number of hydrogen-bond acceptors (Lipinski definition) is 4. The molecule has 0 spiro atoms. The number of hydrogen-bond donors (Lipinski definition) is 0. The maximum Gasteiger partial charge on any atom is 0.367 e. The zero-order chi connectivity index (χ0) is 15.0. The number of carbonyl (C=O) groups excluding carboxylic acids is 1. The molecule has 106 valence electrons. The second-order valence-electron chi connectivity index (χ2n) is 4.73. The summed E-state index contributed by atoms with van der Waals surface area (Å²) in [6.45, 7) is 3.64. The molecule has 0 bridgehead atoms. The highest BCUT2D eigenvalue weighted by atomic mass is 35.5. The number of nitrogens with zero attached hydrogens (tertiary/aromatic N) is 1. The highest BCUT2D eigenvalue weighted by molar-refractivity contribution is 6.31. The summed E-state index contributed by atoms with van der Waals surface area (Å²) in [5.74, 6) is 0.792. The smallest absolute Gasteiger partial charge is 0.367 e. The highest BCUT2D eigenvalue weighted by Crippen LogP contribution is 2.30. The minimum Gasteiger partial charge on any atom is -0.457 e. The first kappa shape index (κ1) is 13.6. The molecule has 0 amide bonds. The van der Waals surface area contributed by atoms with Gasteiger partial charge in [-0.05, 0) is 43.7 Å². The summed E-state index contributed by atoms with van der Waals surface area (Å²) in [5, 5.41) is 4.31. The molecule has 0 saturated carbocycles. The molecule has 0 unspecified atom stereocenters. The van der Waals surface area contributed by atoms with E-state index in [1.54, 1.807) is 19.1 Å². The van der Waals surface area contributed by atoms with Crippen LogP contribution < -0.4 is 0 Å². The number of furan rings is 1. The molecule has 2 aromatic rings. The lowest BCUT2D eigenvalue weighted by Gasteiger charge is -2.03. The largest absolute Gasteiger partial charge is 0.457 e. The van der Waals surface area contributed by atoms with Crippen LogP contribution in [0, 0.1) is 6.92 Å². The van der Waals surface area contributed by atoms with Gasteiger partial charge in [-0.3, -0.25) is 0 Å². The molecule has 1 aromatic carbocycles. The molecule has 2 heterocycles. The molecular formula is C16H12ClNO3. The van der Waals surface area contributed by atoms with Crippen LogP contribution in [0.15, 0.2) is 45.5 Å². The van der Waals surface area contributed by atoms with Crippen molar-refractivity contribution in [1.82, 2.24) is 0 Å². The van der Waals surface area contributed by atoms with E-state index in [0.717, 1.165) is 11.1 Å². The van der Waals surface area contributed by atoms with Crippen LogP contribution in [0.2, 0.25) is 5.02 Å². The van der Waals surface area contributed by atoms with Crippen molar-refractivity contribution >= 4 is 29.4 Å². The lowest BCUT2D eigenvalue weighted by atomic mass is 10.1. The highest BCUT2D eigenvalue weighted by Gasteiger charge is 2.22. The summed E-state index contributed by atoms with van der Waals surface area (Å²) in [7, 11) is 0. The Morgan fingerprint density at radius 2 is 2.00 bits per heavy atom. The van der Waals surface area contributed by atoms with Gasteiger partial charge in [-0.2, -0.15) is 0 Å². The summed E-state index contributed by atoms with van der Waals surface area (Å²) in [6, 6.07) is 9.28. The van der Waals surface area contributed by atoms with Crippen molar-refractivity contribution in [3.8, 4) is 11.3 Å². The SMILES string of the molecule is CC1=NOC(=O)/C1=C\c1ccc(-c2cccc(Cl)c2C)o1. The number of carbonyl (C=O) groups is 1. The monoisotopic (exact) mass is 301 g/mol. The lowest BCUT2D eigenvalue weighted by Crippen LogP contribution is -2.01. The van der Waals surface area contributed by atoms with Crippen LogP contribution in [0.5, 0.6) is 0 Å². The van der Waals surface area contributed by atoms with E-state index >= 15 is 0 Å². The number of benzene rings is 1. The minimum absolute atomic E-state index is 0.402. The fraction of sp³-hybridized carbons (Fsp3) is 0.125. The molecule has 0 saturated heterocycles. The van der Waals surface area contributed by atoms with E-state index in [4.69, 9.17) is 16.0 Å². The lowest BCUT2D eigenvalue weighted by molar-refractivity contribution is -0.136. The molecule has 0 atom stereocenters. The second-order valence-corrected chi connectivity index (χ2v) is 5.14. The van der Waals surface area contributed by atoms with Crippen molar-refractivity contribution in [2.75, 3.05) is 0 Å². The fourth-order valence-corrected chi connectivity index (χ4v) is 2.29. The molecule has 4 nitrogen and oxygen atoms in total. The van der Waals surface area contributed by atoms with Gasteiger partial charge in [0.1, 0.15) is 11.5 Å². The quantitative estimate of drug-likeness (QED) is 0.616. The van der Waals surface area contributed by atoms with Gasteiger partial charge >= 0.3 is 5.97 Å². The van der Waals surface area contributed by atoms with Crippen molar-refractivity contribution in [2.45, 2.75) is 13.8 Å². The van der Waals surface area contributed by atoms with Gasteiger partial charge in [0.25, 0.3) is 0 Å². The molecule has 1 aliphatic rings. The Balaban J connectivity index is 1.98. The third kappa shape index (κ3) is 2.50. The number of rotatable bonds is 2. The molecule has 1 aliphatic heterocycles. The minimum atomic E-state index is -0.468. The van der Waals surface area contributed by atoms with Crippen LogP contribution in [0.4, 0.5) is 0 Å². The molecular weight excluding hydrogens is 290 g/mol. The third-order valence-corrected chi connectivity index (χ3v) is 3.73. The Labute approximate surface area is 126 Å². The van der Waals surface area contributed by atoms with Crippen LogP contribution in [-0.4, -0.2) is 11.7 Å². The van der Waals surface area contributed by atoms with Gasteiger partial charge in [0, 0.05) is 10.6 Å². The van der Waals surface area contributed by atoms with Crippen molar-refractivity contribution in [1.29, 1.82) is 0 Å². The van der Waals surface area contributed by atoms with Gasteiger partial charge in [0.05, 0.1) is 11.3 Å². The van der Waals surface area contributed by atoms with E-state index in [0.29, 0.717) is 27.8 Å². The zero-order valence-corrected chi connectivity index (χ0v) is 12.3. The summed E-state index contributed by atoms with van der Waals surface area (Å²) in [4.78, 5) is 16.1. The molecule has 5 heteroatoms. The van der Waals surface area contributed by atoms with Crippen LogP contribution in [0.25, 0.3) is 17.4 Å². The zero-order valence-electron chi connectivity index (χ0n) is 11.5. The Morgan fingerprint density at radius 3 is 2.71 bits per heavy atom. The standard InChI is InChI=1S/C16H12ClNO3/c1-9-12(4-3-5-14(9)17)15-7-6-11(20-15)8-13-10(2)18-21-16(13)19/h3-8H,1-2H3/b13-8-. The predicted octanol–water partition coefficient (Wildman–Crippen LogP) is 4.22. The predicted molar refractivity (Wildman–Crippen MR) is 81.1 cm³/mol. The van der Waals surface area contributed by atoms with E-state index in [2.05, 4.69) is 9.99 Å². The summed E-state index contributed by atoms with van der Waals surface area (Å²) < 4.78 is 5.77. The molecule has 0 N–H and O–H groups in total. The summed E-state index contributed by atoms with van der Waals surface area (Å²) >= 11 is 6.12. The first-order chi connectivity index (χ1) is 10.1. The summed E-state index contributed by atoms with van der Waals surface area (Å²) in [6.07, 6.45) is 1.62. The molecule has 0 fully saturated rings. The number of halogens is 1. The van der Waals surface area contributed by atoms with Crippen LogP contribution in [0.3, 0.4) is 0 Å². The first-order valence-corrected chi connectivity index (χ1v) is 6.77. The molecule has 0 radical (unpaired) electrons. The number of oxime groups is 1. The van der Waals surface area contributed by atoms with Gasteiger partial charge in [-0.25, -0.2) is 4.79 Å². The topological polar surface area (TPSA) is 51.8 Å². The van der Waals surface area contributed by atoms with Crippen molar-refractivity contribution < 1.29 is 14.0 Å². The molecule has 21 heavy (non-hydrogen) atoms. The van der Waals surface area contributed by atoms with Crippen LogP contribution >= 0.6 is 11.6 Å². The Kier molecular flexibility index (Phi) is 3.39. The normalized spacial score (nSPS) is 16.2. The van der Waals surface area contributed by atoms with E-state index in [1.807, 2.05) is 31.2 Å². The molecule has 3 rings (SSSR count).